The molecule has 0 saturated carbocycles. The van der Waals surface area contributed by atoms with Crippen LogP contribution in [0.25, 0.3) is 10.2 Å². The molecule has 24 heavy (non-hydrogen) atoms. The fourth-order valence-electron chi connectivity index (χ4n) is 2.10. The first-order valence-corrected chi connectivity index (χ1v) is 8.02. The zero-order valence-electron chi connectivity index (χ0n) is 12.5. The fraction of sp³-hybridized carbons (Fsp3) is 0.133. The molecular formula is C15H12ClN3O4S. The van der Waals surface area contributed by atoms with Crippen LogP contribution >= 0.6 is 22.9 Å². The third-order valence-corrected chi connectivity index (χ3v) is 4.47. The van der Waals surface area contributed by atoms with E-state index in [4.69, 9.17) is 26.8 Å². The summed E-state index contributed by atoms with van der Waals surface area (Å²) in [6.45, 7) is -0.189. The lowest BCUT2D eigenvalue weighted by Crippen LogP contribution is -2.14. The molecule has 0 unspecified atom stereocenters. The first-order valence-electron chi connectivity index (χ1n) is 6.76. The standard InChI is InChI=1S/C15H12ClN3O4S/c1-22-11-5-9(17)8(16)4-7(11)15(21)23-6-12-18-10-2-3-24-13(10)14(20)19-12/h2-5H,6,17H2,1H3,(H,18,19,20). The zero-order chi connectivity index (χ0) is 17.3. The maximum Gasteiger partial charge on any atom is 0.342 e. The lowest BCUT2D eigenvalue weighted by atomic mass is 10.2. The quantitative estimate of drug-likeness (QED) is 0.543. The SMILES string of the molecule is COc1cc(N)c(Cl)cc1C(=O)OCc1nc2ccsc2c(=O)[nH]1. The highest BCUT2D eigenvalue weighted by Gasteiger charge is 2.17. The Labute approximate surface area is 145 Å². The van der Waals surface area contributed by atoms with Gasteiger partial charge in [-0.3, -0.25) is 4.79 Å². The molecule has 9 heteroatoms. The minimum absolute atomic E-state index is 0.135. The maximum absolute atomic E-state index is 12.2. The summed E-state index contributed by atoms with van der Waals surface area (Å²) >= 11 is 7.23. The number of halogens is 1. The van der Waals surface area contributed by atoms with Gasteiger partial charge in [0.2, 0.25) is 0 Å². The monoisotopic (exact) mass is 365 g/mol. The lowest BCUT2D eigenvalue weighted by Gasteiger charge is -2.10. The summed E-state index contributed by atoms with van der Waals surface area (Å²) in [5.41, 5.74) is 6.39. The number of methoxy groups -OCH3 is 1. The summed E-state index contributed by atoms with van der Waals surface area (Å²) in [6.07, 6.45) is 0. The molecule has 3 aromatic rings. The molecule has 2 heterocycles. The second kappa shape index (κ2) is 6.50. The van der Waals surface area contributed by atoms with E-state index in [1.165, 1.54) is 30.6 Å². The number of ether oxygens (including phenoxy) is 2. The molecule has 0 bridgehead atoms. The van der Waals surface area contributed by atoms with Crippen LogP contribution in [0.3, 0.4) is 0 Å². The Balaban J connectivity index is 1.82. The van der Waals surface area contributed by atoms with Crippen molar-refractivity contribution >= 4 is 44.8 Å². The first-order chi connectivity index (χ1) is 11.5. The zero-order valence-corrected chi connectivity index (χ0v) is 14.0. The van der Waals surface area contributed by atoms with E-state index in [2.05, 4.69) is 9.97 Å². The number of aromatic nitrogens is 2. The molecule has 0 aliphatic rings. The predicted molar refractivity (Wildman–Crippen MR) is 91.8 cm³/mol. The number of benzene rings is 1. The van der Waals surface area contributed by atoms with Crippen LogP contribution in [0.4, 0.5) is 5.69 Å². The second-order valence-electron chi connectivity index (χ2n) is 4.80. The predicted octanol–water partition coefficient (Wildman–Crippen LogP) is 2.59. The van der Waals surface area contributed by atoms with Gasteiger partial charge in [0.1, 0.15) is 28.4 Å². The van der Waals surface area contributed by atoms with E-state index in [1.54, 1.807) is 11.4 Å². The summed E-state index contributed by atoms with van der Waals surface area (Å²) in [7, 11) is 1.41. The highest BCUT2D eigenvalue weighted by molar-refractivity contribution is 7.17. The van der Waals surface area contributed by atoms with E-state index in [0.29, 0.717) is 15.9 Å². The Morgan fingerprint density at radius 3 is 3.00 bits per heavy atom. The molecule has 0 fully saturated rings. The first kappa shape index (κ1) is 16.3. The van der Waals surface area contributed by atoms with Crippen molar-refractivity contribution in [2.24, 2.45) is 0 Å². The number of aromatic amines is 1. The van der Waals surface area contributed by atoms with Crippen LogP contribution < -0.4 is 16.0 Å². The van der Waals surface area contributed by atoms with Crippen molar-refractivity contribution in [1.29, 1.82) is 0 Å². The van der Waals surface area contributed by atoms with Crippen LogP contribution in [0, 0.1) is 0 Å². The van der Waals surface area contributed by atoms with Crippen LogP contribution in [0.1, 0.15) is 16.2 Å². The Morgan fingerprint density at radius 1 is 1.46 bits per heavy atom. The van der Waals surface area contributed by atoms with Gasteiger partial charge in [0.05, 0.1) is 23.3 Å². The number of thiophene rings is 1. The molecular weight excluding hydrogens is 354 g/mol. The maximum atomic E-state index is 12.2. The van der Waals surface area contributed by atoms with Crippen molar-refractivity contribution in [2.45, 2.75) is 6.61 Å². The third-order valence-electron chi connectivity index (χ3n) is 3.24. The van der Waals surface area contributed by atoms with Gasteiger partial charge in [-0.15, -0.1) is 11.3 Å². The average Bonchev–Trinajstić information content (AvgIpc) is 3.03. The van der Waals surface area contributed by atoms with E-state index >= 15 is 0 Å². The van der Waals surface area contributed by atoms with Crippen LogP contribution in [-0.2, 0) is 11.3 Å². The van der Waals surface area contributed by atoms with Crippen molar-refractivity contribution in [1.82, 2.24) is 9.97 Å². The van der Waals surface area contributed by atoms with Gasteiger partial charge >= 0.3 is 5.97 Å². The lowest BCUT2D eigenvalue weighted by molar-refractivity contribution is 0.0458. The number of rotatable bonds is 4. The largest absolute Gasteiger partial charge is 0.496 e. The van der Waals surface area contributed by atoms with Gasteiger partial charge in [-0.2, -0.15) is 0 Å². The highest BCUT2D eigenvalue weighted by atomic mass is 35.5. The van der Waals surface area contributed by atoms with Crippen LogP contribution in [-0.4, -0.2) is 23.0 Å². The minimum atomic E-state index is -0.665. The molecule has 0 amide bonds. The minimum Gasteiger partial charge on any atom is -0.496 e. The number of nitrogens with two attached hydrogens (primary N) is 1. The Bertz CT molecular complexity index is 982. The molecule has 2 aromatic heterocycles. The summed E-state index contributed by atoms with van der Waals surface area (Å²) in [4.78, 5) is 30.9. The van der Waals surface area contributed by atoms with E-state index < -0.39 is 5.97 Å². The number of nitrogens with zero attached hydrogens (tertiary/aromatic N) is 1. The molecule has 7 nitrogen and oxygen atoms in total. The number of carbonyl (C=O) groups is 1. The fourth-order valence-corrected chi connectivity index (χ4v) is 2.99. The Hall–Kier alpha value is -2.58. The molecule has 3 rings (SSSR count). The summed E-state index contributed by atoms with van der Waals surface area (Å²) in [5.74, 6) is -0.168. The molecule has 0 aliphatic carbocycles. The molecule has 3 N–H and O–H groups in total. The molecule has 0 aliphatic heterocycles. The van der Waals surface area contributed by atoms with Crippen molar-refractivity contribution in [3.05, 3.63) is 50.3 Å². The summed E-state index contributed by atoms with van der Waals surface area (Å²) in [6, 6.07) is 4.54. The number of hydrogen-bond donors (Lipinski definition) is 2. The van der Waals surface area contributed by atoms with Gasteiger partial charge in [-0.1, -0.05) is 11.6 Å². The number of carbonyl (C=O) groups excluding carboxylic acids is 1. The van der Waals surface area contributed by atoms with E-state index in [1.807, 2.05) is 0 Å². The number of nitrogens with one attached hydrogen (secondary N) is 1. The number of esters is 1. The van der Waals surface area contributed by atoms with Crippen molar-refractivity contribution in [3.8, 4) is 5.75 Å². The summed E-state index contributed by atoms with van der Waals surface area (Å²) in [5, 5.41) is 1.98. The second-order valence-corrected chi connectivity index (χ2v) is 6.12. The van der Waals surface area contributed by atoms with Gasteiger partial charge in [0.15, 0.2) is 0 Å². The Kier molecular flexibility index (Phi) is 4.41. The van der Waals surface area contributed by atoms with E-state index in [0.717, 1.165) is 0 Å². The van der Waals surface area contributed by atoms with Gasteiger partial charge in [0.25, 0.3) is 5.56 Å². The normalized spacial score (nSPS) is 10.8. The van der Waals surface area contributed by atoms with Gasteiger partial charge in [-0.05, 0) is 17.5 Å². The van der Waals surface area contributed by atoms with Crippen LogP contribution in [0.2, 0.25) is 5.02 Å². The number of anilines is 1. The number of H-pyrrole nitrogens is 1. The Morgan fingerprint density at radius 2 is 2.25 bits per heavy atom. The molecule has 1 aromatic carbocycles. The highest BCUT2D eigenvalue weighted by Crippen LogP contribution is 2.29. The van der Waals surface area contributed by atoms with E-state index in [-0.39, 0.29) is 34.3 Å². The molecule has 124 valence electrons. The summed E-state index contributed by atoms with van der Waals surface area (Å²) < 4.78 is 10.8. The smallest absolute Gasteiger partial charge is 0.342 e. The van der Waals surface area contributed by atoms with Crippen LogP contribution in [0.15, 0.2) is 28.4 Å². The van der Waals surface area contributed by atoms with Gasteiger partial charge in [0, 0.05) is 6.07 Å². The van der Waals surface area contributed by atoms with Gasteiger partial charge < -0.3 is 20.2 Å². The van der Waals surface area contributed by atoms with Crippen molar-refractivity contribution in [2.75, 3.05) is 12.8 Å². The topological polar surface area (TPSA) is 107 Å². The van der Waals surface area contributed by atoms with Crippen molar-refractivity contribution in [3.63, 3.8) is 0 Å². The molecule has 0 saturated heterocycles. The van der Waals surface area contributed by atoms with Crippen molar-refractivity contribution < 1.29 is 14.3 Å². The van der Waals surface area contributed by atoms with Crippen LogP contribution in [0.5, 0.6) is 5.75 Å². The van der Waals surface area contributed by atoms with Gasteiger partial charge in [-0.25, -0.2) is 9.78 Å². The number of nitrogen functional groups attached to an aromatic ring is 1. The van der Waals surface area contributed by atoms with E-state index in [9.17, 15) is 9.59 Å². The third kappa shape index (κ3) is 3.06. The number of fused-ring (bicyclic) bond motifs is 1. The molecule has 0 atom stereocenters. The average molecular weight is 366 g/mol. The molecule has 0 radical (unpaired) electrons. The number of hydrogen-bond acceptors (Lipinski definition) is 7. The molecule has 0 spiro atoms.